The van der Waals surface area contributed by atoms with E-state index in [2.05, 4.69) is 27.1 Å². The monoisotopic (exact) mass is 501 g/mol. The van der Waals surface area contributed by atoms with Crippen molar-refractivity contribution in [2.75, 3.05) is 50.8 Å². The summed E-state index contributed by atoms with van der Waals surface area (Å²) in [6.45, 7) is 9.79. The van der Waals surface area contributed by atoms with Crippen molar-refractivity contribution < 1.29 is 15.0 Å². The minimum Gasteiger partial charge on any atom is -0.396 e. The highest BCUT2D eigenvalue weighted by Gasteiger charge is 2.35. The van der Waals surface area contributed by atoms with E-state index in [1.54, 1.807) is 0 Å². The lowest BCUT2D eigenvalue weighted by Crippen LogP contribution is -2.51. The molecule has 2 heterocycles. The smallest absolute Gasteiger partial charge is 0.231 e. The zero-order valence-corrected chi connectivity index (χ0v) is 21.5. The Labute approximate surface area is 212 Å². The summed E-state index contributed by atoms with van der Waals surface area (Å²) >= 11 is 6.09. The Bertz CT molecular complexity index is 1020. The van der Waals surface area contributed by atoms with Crippen molar-refractivity contribution in [1.82, 2.24) is 20.2 Å². The zero-order valence-electron chi connectivity index (χ0n) is 20.7. The number of amides is 1. The molecule has 3 N–H and O–H groups in total. The van der Waals surface area contributed by atoms with E-state index in [9.17, 15) is 15.0 Å². The van der Waals surface area contributed by atoms with E-state index >= 15 is 0 Å². The number of hydrogen-bond donors (Lipinski definition) is 3. The number of fused-ring (bicyclic) bond motifs is 1. The number of aliphatic hydroxyl groups is 2. The maximum atomic E-state index is 13.7. The van der Waals surface area contributed by atoms with E-state index in [0.29, 0.717) is 50.7 Å². The predicted octanol–water partition coefficient (Wildman–Crippen LogP) is 2.71. The van der Waals surface area contributed by atoms with Gasteiger partial charge in [0.2, 0.25) is 5.91 Å². The van der Waals surface area contributed by atoms with E-state index in [-0.39, 0.29) is 29.8 Å². The molecule has 2 aromatic rings. The molecule has 0 saturated carbocycles. The molecule has 1 saturated heterocycles. The number of aromatic nitrogens is 2. The number of benzene rings is 1. The van der Waals surface area contributed by atoms with Crippen LogP contribution in [0.2, 0.25) is 5.02 Å². The normalized spacial score (nSPS) is 21.2. The lowest BCUT2D eigenvalue weighted by molar-refractivity contribution is -0.133. The summed E-state index contributed by atoms with van der Waals surface area (Å²) < 4.78 is 0. The van der Waals surface area contributed by atoms with E-state index in [4.69, 9.17) is 11.6 Å². The number of aliphatic hydroxyl groups excluding tert-OH is 2. The first-order valence-corrected chi connectivity index (χ1v) is 12.7. The molecule has 1 amide bonds. The summed E-state index contributed by atoms with van der Waals surface area (Å²) in [4.78, 5) is 26.7. The van der Waals surface area contributed by atoms with Crippen molar-refractivity contribution in [3.63, 3.8) is 0 Å². The molecule has 0 spiro atoms. The van der Waals surface area contributed by atoms with Gasteiger partial charge in [0.15, 0.2) is 0 Å². The molecule has 1 aromatic heterocycles. The molecule has 0 unspecified atom stereocenters. The van der Waals surface area contributed by atoms with Crippen molar-refractivity contribution in [2.45, 2.75) is 45.1 Å². The molecular weight excluding hydrogens is 466 g/mol. The van der Waals surface area contributed by atoms with Crippen molar-refractivity contribution in [3.8, 4) is 0 Å². The van der Waals surface area contributed by atoms with Gasteiger partial charge in [-0.1, -0.05) is 44.5 Å². The summed E-state index contributed by atoms with van der Waals surface area (Å²) in [5, 5.41) is 23.9. The average molecular weight is 502 g/mol. The van der Waals surface area contributed by atoms with Crippen LogP contribution in [0.5, 0.6) is 0 Å². The summed E-state index contributed by atoms with van der Waals surface area (Å²) in [7, 11) is 0. The van der Waals surface area contributed by atoms with Crippen LogP contribution in [0.1, 0.15) is 62.0 Å². The van der Waals surface area contributed by atoms with E-state index < -0.39 is 6.10 Å². The van der Waals surface area contributed by atoms with Crippen molar-refractivity contribution >= 4 is 23.3 Å². The Morgan fingerprint density at radius 1 is 1.20 bits per heavy atom. The second-order valence-electron chi connectivity index (χ2n) is 10.5. The summed E-state index contributed by atoms with van der Waals surface area (Å²) in [6.07, 6.45) is 1.67. The number of halogens is 1. The molecule has 8 nitrogen and oxygen atoms in total. The molecule has 1 aliphatic carbocycles. The minimum absolute atomic E-state index is 0.0733. The highest BCUT2D eigenvalue weighted by atomic mass is 35.5. The molecule has 3 atom stereocenters. The minimum atomic E-state index is -0.534. The first kappa shape index (κ1) is 25.8. The third kappa shape index (κ3) is 5.77. The number of carbonyl (C=O) groups excluding carboxylic acids is 1. The summed E-state index contributed by atoms with van der Waals surface area (Å²) in [5.74, 6) is 0.831. The number of carbonyl (C=O) groups is 1. The maximum absolute atomic E-state index is 13.7. The van der Waals surface area contributed by atoms with Gasteiger partial charge in [-0.2, -0.15) is 0 Å². The first-order valence-electron chi connectivity index (χ1n) is 12.3. The summed E-state index contributed by atoms with van der Waals surface area (Å²) in [5.41, 5.74) is 2.43. The van der Waals surface area contributed by atoms with Gasteiger partial charge in [-0.3, -0.25) is 4.79 Å². The second-order valence-corrected chi connectivity index (χ2v) is 11.0. The Kier molecular flexibility index (Phi) is 7.96. The fraction of sp³-hybridized carbons (Fsp3) is 0.577. The van der Waals surface area contributed by atoms with Crippen molar-refractivity contribution in [1.29, 1.82) is 0 Å². The van der Waals surface area contributed by atoms with Crippen LogP contribution in [-0.2, 0) is 4.79 Å². The predicted molar refractivity (Wildman–Crippen MR) is 137 cm³/mol. The van der Waals surface area contributed by atoms with Gasteiger partial charge in [0.05, 0.1) is 17.7 Å². The lowest BCUT2D eigenvalue weighted by Gasteiger charge is -2.38. The van der Waals surface area contributed by atoms with Crippen LogP contribution in [0.3, 0.4) is 0 Å². The lowest BCUT2D eigenvalue weighted by atomic mass is 9.93. The highest BCUT2D eigenvalue weighted by Crippen LogP contribution is 2.42. The zero-order chi connectivity index (χ0) is 25.2. The number of nitrogens with one attached hydrogen (secondary N) is 1. The molecule has 1 fully saturated rings. The van der Waals surface area contributed by atoms with Gasteiger partial charge in [0.25, 0.3) is 0 Å². The molecule has 0 bridgehead atoms. The standard InChI is InChI=1S/C26H36ClN5O3/c1-17-12-21(34)23-22(17)24(30-16-29-23)31-8-10-32(11-9-31)25(35)20(13-28-14-26(2,3)15-33)18-4-6-19(27)7-5-18/h4-7,16-17,20-21,28,33-34H,8-15H2,1-3H3/t17-,20-,21-/m1/s1. The van der Waals surface area contributed by atoms with E-state index in [1.165, 1.54) is 6.33 Å². The number of anilines is 1. The van der Waals surface area contributed by atoms with Crippen LogP contribution < -0.4 is 10.2 Å². The van der Waals surface area contributed by atoms with Gasteiger partial charge in [-0.15, -0.1) is 0 Å². The quantitative estimate of drug-likeness (QED) is 0.511. The van der Waals surface area contributed by atoms with Crippen LogP contribution in [0.4, 0.5) is 5.82 Å². The van der Waals surface area contributed by atoms with Crippen LogP contribution in [0.15, 0.2) is 30.6 Å². The van der Waals surface area contributed by atoms with E-state index in [0.717, 1.165) is 22.6 Å². The number of rotatable bonds is 8. The third-order valence-electron chi connectivity index (χ3n) is 7.12. The van der Waals surface area contributed by atoms with Gasteiger partial charge in [0, 0.05) is 61.9 Å². The van der Waals surface area contributed by atoms with Crippen LogP contribution in [0, 0.1) is 5.41 Å². The Hall–Kier alpha value is -2.26. The molecule has 1 aromatic carbocycles. The topological polar surface area (TPSA) is 102 Å². The molecule has 2 aliphatic rings. The molecule has 35 heavy (non-hydrogen) atoms. The SMILES string of the molecule is C[C@@H]1C[C@@H](O)c2ncnc(N3CCN(C(=O)[C@H](CNCC(C)(C)CO)c4ccc(Cl)cc4)CC3)c21. The Morgan fingerprint density at radius 3 is 2.54 bits per heavy atom. The Balaban J connectivity index is 1.45. The fourth-order valence-corrected chi connectivity index (χ4v) is 5.09. The van der Waals surface area contributed by atoms with Crippen LogP contribution in [0.25, 0.3) is 0 Å². The average Bonchev–Trinajstić information content (AvgIpc) is 3.16. The number of nitrogens with zero attached hydrogens (tertiary/aromatic N) is 4. The molecule has 0 radical (unpaired) electrons. The highest BCUT2D eigenvalue weighted by molar-refractivity contribution is 6.30. The second kappa shape index (κ2) is 10.8. The molecule has 4 rings (SSSR count). The number of piperazine rings is 1. The van der Waals surface area contributed by atoms with Gasteiger partial charge in [-0.05, 0) is 30.0 Å². The third-order valence-corrected chi connectivity index (χ3v) is 7.37. The van der Waals surface area contributed by atoms with Crippen LogP contribution >= 0.6 is 11.6 Å². The van der Waals surface area contributed by atoms with Gasteiger partial charge in [-0.25, -0.2) is 9.97 Å². The van der Waals surface area contributed by atoms with Crippen molar-refractivity contribution in [3.05, 3.63) is 52.4 Å². The molecule has 9 heteroatoms. The van der Waals surface area contributed by atoms with Gasteiger partial charge >= 0.3 is 0 Å². The maximum Gasteiger partial charge on any atom is 0.231 e. The van der Waals surface area contributed by atoms with Gasteiger partial charge < -0.3 is 25.3 Å². The van der Waals surface area contributed by atoms with E-state index in [1.807, 2.05) is 43.0 Å². The van der Waals surface area contributed by atoms with Crippen molar-refractivity contribution in [2.24, 2.45) is 5.41 Å². The molecular formula is C26H36ClN5O3. The fourth-order valence-electron chi connectivity index (χ4n) is 4.97. The first-order chi connectivity index (χ1) is 16.7. The summed E-state index contributed by atoms with van der Waals surface area (Å²) in [6, 6.07) is 7.46. The Morgan fingerprint density at radius 2 is 1.89 bits per heavy atom. The van der Waals surface area contributed by atoms with Gasteiger partial charge in [0.1, 0.15) is 12.1 Å². The van der Waals surface area contributed by atoms with Crippen LogP contribution in [-0.4, -0.2) is 76.9 Å². The molecule has 190 valence electrons. The largest absolute Gasteiger partial charge is 0.396 e. The molecule has 1 aliphatic heterocycles. The number of hydrogen-bond acceptors (Lipinski definition) is 7.